The van der Waals surface area contributed by atoms with Crippen molar-refractivity contribution in [2.75, 3.05) is 5.75 Å². The van der Waals surface area contributed by atoms with E-state index >= 15 is 0 Å². The number of nitrogens with two attached hydrogens (primary N) is 1. The molecule has 0 fully saturated rings. The van der Waals surface area contributed by atoms with Crippen LogP contribution in [0.15, 0.2) is 42.6 Å². The molecule has 0 amide bonds. The third-order valence-electron chi connectivity index (χ3n) is 2.66. The first kappa shape index (κ1) is 13.2. The lowest BCUT2D eigenvalue weighted by atomic mass is 10.2. The molecule has 0 bridgehead atoms. The molecule has 1 aromatic carbocycles. The van der Waals surface area contributed by atoms with Crippen molar-refractivity contribution in [1.82, 2.24) is 9.78 Å². The first-order chi connectivity index (χ1) is 8.68. The van der Waals surface area contributed by atoms with E-state index in [-0.39, 0.29) is 6.04 Å². The monoisotopic (exact) mass is 261 g/mol. The van der Waals surface area contributed by atoms with E-state index in [1.54, 1.807) is 0 Å². The van der Waals surface area contributed by atoms with Gasteiger partial charge in [-0.3, -0.25) is 0 Å². The molecule has 0 saturated carbocycles. The van der Waals surface area contributed by atoms with Gasteiger partial charge >= 0.3 is 0 Å². The molecule has 2 N–H and O–H groups in total. The minimum Gasteiger partial charge on any atom is -0.322 e. The van der Waals surface area contributed by atoms with Crippen LogP contribution in [0.1, 0.15) is 25.6 Å². The van der Waals surface area contributed by atoms with Gasteiger partial charge in [0, 0.05) is 11.9 Å². The zero-order valence-electron chi connectivity index (χ0n) is 10.8. The Hall–Kier alpha value is -1.26. The summed E-state index contributed by atoms with van der Waals surface area (Å²) in [7, 11) is 0. The van der Waals surface area contributed by atoms with Crippen LogP contribution in [0.5, 0.6) is 0 Å². The summed E-state index contributed by atoms with van der Waals surface area (Å²) in [6.45, 7) is 4.37. The van der Waals surface area contributed by atoms with Crippen molar-refractivity contribution in [2.24, 2.45) is 5.73 Å². The summed E-state index contributed by atoms with van der Waals surface area (Å²) >= 11 is 1.88. The summed E-state index contributed by atoms with van der Waals surface area (Å²) in [4.78, 5) is 0. The van der Waals surface area contributed by atoms with E-state index in [1.165, 1.54) is 0 Å². The van der Waals surface area contributed by atoms with Gasteiger partial charge in [-0.15, -0.1) is 0 Å². The fraction of sp³-hybridized carbons (Fsp3) is 0.357. The summed E-state index contributed by atoms with van der Waals surface area (Å²) in [5.74, 6) is 0.913. The van der Waals surface area contributed by atoms with Gasteiger partial charge in [-0.2, -0.15) is 16.9 Å². The van der Waals surface area contributed by atoms with Gasteiger partial charge in [-0.1, -0.05) is 32.0 Å². The first-order valence-corrected chi connectivity index (χ1v) is 7.20. The van der Waals surface area contributed by atoms with Gasteiger partial charge in [0.05, 0.1) is 17.4 Å². The Kier molecular flexibility index (Phi) is 4.44. The van der Waals surface area contributed by atoms with Gasteiger partial charge in [0.2, 0.25) is 0 Å². The van der Waals surface area contributed by atoms with E-state index in [0.717, 1.165) is 17.1 Å². The molecule has 0 spiro atoms. The summed E-state index contributed by atoms with van der Waals surface area (Å²) in [6.07, 6.45) is 1.81. The van der Waals surface area contributed by atoms with Crippen LogP contribution >= 0.6 is 11.8 Å². The predicted octanol–water partition coefficient (Wildman–Crippen LogP) is 3.01. The van der Waals surface area contributed by atoms with Gasteiger partial charge in [0.25, 0.3) is 0 Å². The van der Waals surface area contributed by atoms with E-state index in [1.807, 2.05) is 59.0 Å². The summed E-state index contributed by atoms with van der Waals surface area (Å²) < 4.78 is 1.92. The molecule has 3 nitrogen and oxygen atoms in total. The molecule has 0 radical (unpaired) electrons. The topological polar surface area (TPSA) is 43.8 Å². The van der Waals surface area contributed by atoms with E-state index in [2.05, 4.69) is 18.9 Å². The van der Waals surface area contributed by atoms with Crippen molar-refractivity contribution in [3.05, 3.63) is 48.3 Å². The lowest BCUT2D eigenvalue weighted by Crippen LogP contribution is -2.18. The SMILES string of the molecule is CC(C)SCC(N)c1ccnn1-c1ccccc1. The molecule has 1 unspecified atom stereocenters. The van der Waals surface area contributed by atoms with Gasteiger partial charge in [-0.05, 0) is 23.4 Å². The van der Waals surface area contributed by atoms with Crippen molar-refractivity contribution in [2.45, 2.75) is 25.1 Å². The van der Waals surface area contributed by atoms with Crippen LogP contribution in [0.25, 0.3) is 5.69 Å². The van der Waals surface area contributed by atoms with E-state index in [4.69, 9.17) is 5.73 Å². The number of hydrogen-bond donors (Lipinski definition) is 1. The third-order valence-corrected chi connectivity index (χ3v) is 3.88. The molecule has 1 aromatic heterocycles. The lowest BCUT2D eigenvalue weighted by Gasteiger charge is -2.15. The van der Waals surface area contributed by atoms with Gasteiger partial charge in [-0.25, -0.2) is 4.68 Å². The second-order valence-corrected chi connectivity index (χ2v) is 6.10. The standard InChI is InChI=1S/C14H19N3S/c1-11(2)18-10-13(15)14-8-9-16-17(14)12-6-4-3-5-7-12/h3-9,11,13H,10,15H2,1-2H3. The molecule has 0 aliphatic rings. The highest BCUT2D eigenvalue weighted by Crippen LogP contribution is 2.21. The minimum absolute atomic E-state index is 0.0140. The van der Waals surface area contributed by atoms with E-state index in [9.17, 15) is 0 Å². The van der Waals surface area contributed by atoms with Gasteiger partial charge in [0.15, 0.2) is 0 Å². The number of thioether (sulfide) groups is 1. The highest BCUT2D eigenvalue weighted by atomic mass is 32.2. The molecular weight excluding hydrogens is 242 g/mol. The average Bonchev–Trinajstić information content (AvgIpc) is 2.86. The number of rotatable bonds is 5. The van der Waals surface area contributed by atoms with Crippen molar-refractivity contribution in [3.63, 3.8) is 0 Å². The molecular formula is C14H19N3S. The normalized spacial score (nSPS) is 12.9. The number of para-hydroxylation sites is 1. The van der Waals surface area contributed by atoms with Crippen LogP contribution in [0.4, 0.5) is 0 Å². The molecule has 0 aliphatic heterocycles. The van der Waals surface area contributed by atoms with E-state index in [0.29, 0.717) is 5.25 Å². The molecule has 96 valence electrons. The third kappa shape index (κ3) is 3.15. The second-order valence-electron chi connectivity index (χ2n) is 4.49. The Morgan fingerprint density at radius 1 is 1.22 bits per heavy atom. The first-order valence-electron chi connectivity index (χ1n) is 6.15. The van der Waals surface area contributed by atoms with Gasteiger partial charge < -0.3 is 5.73 Å². The number of nitrogens with zero attached hydrogens (tertiary/aromatic N) is 2. The molecule has 0 saturated heterocycles. The second kappa shape index (κ2) is 6.07. The maximum Gasteiger partial charge on any atom is 0.0649 e. The zero-order chi connectivity index (χ0) is 13.0. The predicted molar refractivity (Wildman–Crippen MR) is 78.1 cm³/mol. The van der Waals surface area contributed by atoms with Crippen LogP contribution in [0.3, 0.4) is 0 Å². The minimum atomic E-state index is 0.0140. The molecule has 2 aromatic rings. The Labute approximate surface area is 112 Å². The zero-order valence-corrected chi connectivity index (χ0v) is 11.6. The summed E-state index contributed by atoms with van der Waals surface area (Å²) in [6, 6.07) is 12.1. The Bertz CT molecular complexity index is 479. The molecule has 1 atom stereocenters. The van der Waals surface area contributed by atoms with Crippen LogP contribution in [-0.2, 0) is 0 Å². The number of aromatic nitrogens is 2. The highest BCUT2D eigenvalue weighted by Gasteiger charge is 2.13. The Morgan fingerprint density at radius 3 is 2.61 bits per heavy atom. The Morgan fingerprint density at radius 2 is 1.94 bits per heavy atom. The van der Waals surface area contributed by atoms with Crippen molar-refractivity contribution in [3.8, 4) is 5.69 Å². The fourth-order valence-electron chi connectivity index (χ4n) is 1.76. The average molecular weight is 261 g/mol. The smallest absolute Gasteiger partial charge is 0.0649 e. The number of hydrogen-bond acceptors (Lipinski definition) is 3. The molecule has 1 heterocycles. The maximum absolute atomic E-state index is 6.24. The maximum atomic E-state index is 6.24. The van der Waals surface area contributed by atoms with Crippen LogP contribution in [0, 0.1) is 0 Å². The lowest BCUT2D eigenvalue weighted by molar-refractivity contribution is 0.717. The summed E-state index contributed by atoms with van der Waals surface area (Å²) in [5.41, 5.74) is 8.37. The van der Waals surface area contributed by atoms with E-state index < -0.39 is 0 Å². The van der Waals surface area contributed by atoms with Crippen LogP contribution in [0.2, 0.25) is 0 Å². The van der Waals surface area contributed by atoms with Gasteiger partial charge in [0.1, 0.15) is 0 Å². The number of benzene rings is 1. The van der Waals surface area contributed by atoms with Crippen molar-refractivity contribution >= 4 is 11.8 Å². The Balaban J connectivity index is 2.17. The summed E-state index contributed by atoms with van der Waals surface area (Å²) in [5, 5.41) is 4.96. The molecule has 2 rings (SSSR count). The quantitative estimate of drug-likeness (QED) is 0.899. The molecule has 0 aliphatic carbocycles. The van der Waals surface area contributed by atoms with Crippen LogP contribution in [-0.4, -0.2) is 20.8 Å². The van der Waals surface area contributed by atoms with Crippen LogP contribution < -0.4 is 5.73 Å². The fourth-order valence-corrected chi connectivity index (χ4v) is 2.52. The van der Waals surface area contributed by atoms with Crippen molar-refractivity contribution < 1.29 is 0 Å². The molecule has 4 heteroatoms. The largest absolute Gasteiger partial charge is 0.322 e. The molecule has 18 heavy (non-hydrogen) atoms. The van der Waals surface area contributed by atoms with Crippen molar-refractivity contribution in [1.29, 1.82) is 0 Å². The highest BCUT2D eigenvalue weighted by molar-refractivity contribution is 7.99.